The number of carbonyl (C=O) groups excluding carboxylic acids is 1. The monoisotopic (exact) mass is 526 g/mol. The van der Waals surface area contributed by atoms with Crippen molar-refractivity contribution in [1.29, 1.82) is 0 Å². The number of ether oxygens (including phenoxy) is 1. The molecule has 0 aromatic heterocycles. The van der Waals surface area contributed by atoms with Crippen LogP contribution in [0.2, 0.25) is 0 Å². The number of amides is 1. The number of hydrogen-bond donors (Lipinski definition) is 0. The summed E-state index contributed by atoms with van der Waals surface area (Å²) in [6.07, 6.45) is -0.0718. The lowest BCUT2D eigenvalue weighted by molar-refractivity contribution is -0.144. The van der Waals surface area contributed by atoms with Crippen molar-refractivity contribution < 1.29 is 9.53 Å². The van der Waals surface area contributed by atoms with Crippen LogP contribution in [0.5, 0.6) is 0 Å². The van der Waals surface area contributed by atoms with Crippen molar-refractivity contribution in [2.24, 2.45) is 5.10 Å². The molecule has 0 aliphatic carbocycles. The number of benzene rings is 3. The summed E-state index contributed by atoms with van der Waals surface area (Å²) in [5.41, 5.74) is 3.73. The van der Waals surface area contributed by atoms with Gasteiger partial charge in [0, 0.05) is 22.5 Å². The molecular weight excluding hydrogens is 508 g/mol. The Morgan fingerprint density at radius 3 is 2.17 bits per heavy atom. The highest BCUT2D eigenvalue weighted by molar-refractivity contribution is 9.10. The van der Waals surface area contributed by atoms with Crippen LogP contribution < -0.4 is 0 Å². The Morgan fingerprint density at radius 1 is 0.967 bits per heavy atom. The van der Waals surface area contributed by atoms with E-state index in [1.54, 1.807) is 12.1 Å². The molecule has 2 atom stereocenters. The van der Waals surface area contributed by atoms with Gasteiger partial charge in [-0.1, -0.05) is 86.5 Å². The van der Waals surface area contributed by atoms with E-state index in [0.29, 0.717) is 6.42 Å². The quantitative estimate of drug-likeness (QED) is 0.392. The molecule has 1 aliphatic rings. The van der Waals surface area contributed by atoms with E-state index in [0.717, 1.165) is 31.3 Å². The van der Waals surface area contributed by atoms with E-state index >= 15 is 0 Å². The van der Waals surface area contributed by atoms with Crippen LogP contribution in [0.4, 0.5) is 0 Å². The first kappa shape index (κ1) is 21.0. The van der Waals surface area contributed by atoms with E-state index in [-0.39, 0.29) is 11.9 Å². The van der Waals surface area contributed by atoms with Gasteiger partial charge in [-0.15, -0.1) is 0 Å². The third-order valence-corrected chi connectivity index (χ3v) is 6.19. The summed E-state index contributed by atoms with van der Waals surface area (Å²) in [5, 5.41) is 6.34. The van der Waals surface area contributed by atoms with E-state index in [1.165, 1.54) is 0 Å². The SMILES string of the molecule is CO[C@H](C(=O)N1N=C(c2ccc(Br)cc2)C[C@H]1c1ccc(Br)cc1)c1ccccc1. The Balaban J connectivity index is 1.71. The molecule has 4 rings (SSSR count). The van der Waals surface area contributed by atoms with Gasteiger partial charge < -0.3 is 4.74 Å². The molecule has 0 unspecified atom stereocenters. The van der Waals surface area contributed by atoms with Crippen LogP contribution in [0.1, 0.15) is 35.3 Å². The van der Waals surface area contributed by atoms with Crippen molar-refractivity contribution in [3.8, 4) is 0 Å². The summed E-state index contributed by atoms with van der Waals surface area (Å²) in [5.74, 6) is -0.177. The van der Waals surface area contributed by atoms with Crippen LogP contribution in [-0.4, -0.2) is 23.7 Å². The van der Waals surface area contributed by atoms with Crippen LogP contribution in [-0.2, 0) is 9.53 Å². The summed E-state index contributed by atoms with van der Waals surface area (Å²) >= 11 is 6.96. The molecule has 0 saturated carbocycles. The van der Waals surface area contributed by atoms with Crippen molar-refractivity contribution in [2.45, 2.75) is 18.6 Å². The van der Waals surface area contributed by atoms with E-state index in [9.17, 15) is 4.79 Å². The highest BCUT2D eigenvalue weighted by Gasteiger charge is 2.37. The normalized spacial score (nSPS) is 17.0. The first-order valence-corrected chi connectivity index (χ1v) is 11.1. The first-order valence-electron chi connectivity index (χ1n) is 9.56. The van der Waals surface area contributed by atoms with E-state index in [1.807, 2.05) is 78.9 Å². The van der Waals surface area contributed by atoms with Gasteiger partial charge in [0.05, 0.1) is 11.8 Å². The molecule has 3 aromatic rings. The maximum atomic E-state index is 13.5. The molecule has 1 amide bonds. The number of nitrogens with zero attached hydrogens (tertiary/aromatic N) is 2. The Hall–Kier alpha value is -2.28. The van der Waals surface area contributed by atoms with Crippen molar-refractivity contribution >= 4 is 43.5 Å². The molecule has 0 radical (unpaired) electrons. The highest BCUT2D eigenvalue weighted by Crippen LogP contribution is 2.36. The van der Waals surface area contributed by atoms with Crippen LogP contribution >= 0.6 is 31.9 Å². The average molecular weight is 528 g/mol. The minimum absolute atomic E-state index is 0.177. The van der Waals surface area contributed by atoms with Gasteiger partial charge in [0.15, 0.2) is 6.10 Å². The van der Waals surface area contributed by atoms with Crippen molar-refractivity contribution in [3.63, 3.8) is 0 Å². The van der Waals surface area contributed by atoms with Gasteiger partial charge in [-0.25, -0.2) is 5.01 Å². The number of hydrazone groups is 1. The molecule has 1 aliphatic heterocycles. The Kier molecular flexibility index (Phi) is 6.46. The molecule has 0 fully saturated rings. The number of rotatable bonds is 5. The minimum Gasteiger partial charge on any atom is -0.367 e. The van der Waals surface area contributed by atoms with E-state index in [4.69, 9.17) is 9.84 Å². The third-order valence-electron chi connectivity index (χ3n) is 5.13. The largest absolute Gasteiger partial charge is 0.367 e. The number of carbonyl (C=O) groups is 1. The standard InChI is InChI=1S/C24H20Br2N2O2/c1-30-23(18-5-3-2-4-6-18)24(29)28-22(17-9-13-20(26)14-10-17)15-21(27-28)16-7-11-19(25)12-8-16/h2-14,22-23H,15H2,1H3/t22-,23-/m0/s1. The summed E-state index contributed by atoms with van der Waals surface area (Å²) in [6.45, 7) is 0. The Bertz CT molecular complexity index is 1050. The smallest absolute Gasteiger partial charge is 0.276 e. The third kappa shape index (κ3) is 4.41. The molecule has 4 nitrogen and oxygen atoms in total. The van der Waals surface area contributed by atoms with Crippen LogP contribution in [0.25, 0.3) is 0 Å². The van der Waals surface area contributed by atoms with Gasteiger partial charge in [0.25, 0.3) is 5.91 Å². The lowest BCUT2D eigenvalue weighted by Crippen LogP contribution is -2.32. The second-order valence-electron chi connectivity index (χ2n) is 7.03. The van der Waals surface area contributed by atoms with Crippen molar-refractivity contribution in [2.75, 3.05) is 7.11 Å². The van der Waals surface area contributed by atoms with Crippen molar-refractivity contribution in [3.05, 3.63) is 104 Å². The summed E-state index contributed by atoms with van der Waals surface area (Å²) < 4.78 is 7.60. The molecule has 0 N–H and O–H groups in total. The molecule has 0 saturated heterocycles. The van der Waals surface area contributed by atoms with Gasteiger partial charge in [-0.3, -0.25) is 4.79 Å². The fourth-order valence-electron chi connectivity index (χ4n) is 3.60. The first-order chi connectivity index (χ1) is 14.6. The summed E-state index contributed by atoms with van der Waals surface area (Å²) in [6, 6.07) is 25.4. The summed E-state index contributed by atoms with van der Waals surface area (Å²) in [4.78, 5) is 13.5. The number of halogens is 2. The molecular formula is C24H20Br2N2O2. The minimum atomic E-state index is -0.711. The number of methoxy groups -OCH3 is 1. The molecule has 1 heterocycles. The zero-order valence-corrected chi connectivity index (χ0v) is 19.5. The molecule has 0 bridgehead atoms. The molecule has 0 spiro atoms. The Labute approximate surface area is 192 Å². The van der Waals surface area contributed by atoms with Crippen LogP contribution in [0.15, 0.2) is 92.9 Å². The average Bonchev–Trinajstić information content (AvgIpc) is 3.21. The molecule has 3 aromatic carbocycles. The van der Waals surface area contributed by atoms with Gasteiger partial charge in [0.1, 0.15) is 0 Å². The fraction of sp³-hybridized carbons (Fsp3) is 0.167. The van der Waals surface area contributed by atoms with Gasteiger partial charge in [-0.05, 0) is 41.0 Å². The maximum absolute atomic E-state index is 13.5. The van der Waals surface area contributed by atoms with Gasteiger partial charge in [-0.2, -0.15) is 5.10 Å². The predicted octanol–water partition coefficient (Wildman–Crippen LogP) is 6.28. The van der Waals surface area contributed by atoms with Gasteiger partial charge >= 0.3 is 0 Å². The van der Waals surface area contributed by atoms with E-state index < -0.39 is 6.10 Å². The second-order valence-corrected chi connectivity index (χ2v) is 8.87. The van der Waals surface area contributed by atoms with E-state index in [2.05, 4.69) is 31.9 Å². The lowest BCUT2D eigenvalue weighted by atomic mass is 9.98. The molecule has 152 valence electrons. The fourth-order valence-corrected chi connectivity index (χ4v) is 4.13. The lowest BCUT2D eigenvalue weighted by Gasteiger charge is -2.26. The van der Waals surface area contributed by atoms with Crippen LogP contribution in [0.3, 0.4) is 0 Å². The summed E-state index contributed by atoms with van der Waals surface area (Å²) in [7, 11) is 1.56. The number of hydrogen-bond acceptors (Lipinski definition) is 3. The van der Waals surface area contributed by atoms with Crippen molar-refractivity contribution in [1.82, 2.24) is 5.01 Å². The highest BCUT2D eigenvalue weighted by atomic mass is 79.9. The topological polar surface area (TPSA) is 41.9 Å². The van der Waals surface area contributed by atoms with Crippen LogP contribution in [0, 0.1) is 0 Å². The zero-order chi connectivity index (χ0) is 21.1. The zero-order valence-electron chi connectivity index (χ0n) is 16.3. The Morgan fingerprint density at radius 2 is 1.57 bits per heavy atom. The predicted molar refractivity (Wildman–Crippen MR) is 125 cm³/mol. The molecule has 30 heavy (non-hydrogen) atoms. The second kappa shape index (κ2) is 9.25. The molecule has 6 heteroatoms. The van der Waals surface area contributed by atoms with Gasteiger partial charge in [0.2, 0.25) is 0 Å². The maximum Gasteiger partial charge on any atom is 0.276 e.